The normalized spacial score (nSPS) is 14.4. The van der Waals surface area contributed by atoms with Gasteiger partial charge in [-0.1, -0.05) is 18.2 Å². The molecule has 6 heteroatoms. The summed E-state index contributed by atoms with van der Waals surface area (Å²) in [7, 11) is 0. The van der Waals surface area contributed by atoms with Crippen molar-refractivity contribution in [3.05, 3.63) is 57.8 Å². The quantitative estimate of drug-likeness (QED) is 0.678. The molecule has 0 saturated carbocycles. The molecule has 0 saturated heterocycles. The van der Waals surface area contributed by atoms with Crippen LogP contribution in [0.2, 0.25) is 0 Å². The fraction of sp³-hybridized carbons (Fsp3) is 0.267. The van der Waals surface area contributed by atoms with Gasteiger partial charge in [0, 0.05) is 30.9 Å². The molecule has 1 aliphatic rings. The van der Waals surface area contributed by atoms with Gasteiger partial charge in [-0.3, -0.25) is 10.1 Å². The first kappa shape index (κ1) is 13.5. The second-order valence-corrected chi connectivity index (χ2v) is 5.04. The van der Waals surface area contributed by atoms with E-state index in [2.05, 4.69) is 27.3 Å². The number of nitrogens with one attached hydrogen (secondary N) is 1. The van der Waals surface area contributed by atoms with E-state index in [1.165, 1.54) is 11.8 Å². The van der Waals surface area contributed by atoms with Crippen LogP contribution in [-0.2, 0) is 6.54 Å². The first-order valence-electron chi connectivity index (χ1n) is 6.84. The molecular weight excluding hydrogens is 268 g/mol. The van der Waals surface area contributed by atoms with Gasteiger partial charge in [-0.05, 0) is 24.6 Å². The molecule has 1 N–H and O–H groups in total. The van der Waals surface area contributed by atoms with Crippen molar-refractivity contribution < 1.29 is 4.92 Å². The van der Waals surface area contributed by atoms with Gasteiger partial charge in [0.1, 0.15) is 12.0 Å². The Morgan fingerprint density at radius 2 is 2.19 bits per heavy atom. The monoisotopic (exact) mass is 284 g/mol. The molecule has 1 aromatic carbocycles. The second-order valence-electron chi connectivity index (χ2n) is 5.04. The highest BCUT2D eigenvalue weighted by Gasteiger charge is 2.19. The van der Waals surface area contributed by atoms with E-state index in [4.69, 9.17) is 0 Å². The van der Waals surface area contributed by atoms with Crippen molar-refractivity contribution in [3.63, 3.8) is 0 Å². The molecule has 0 fully saturated rings. The number of benzene rings is 1. The summed E-state index contributed by atoms with van der Waals surface area (Å²) < 4.78 is 0. The number of aromatic nitrogens is 1. The Hall–Kier alpha value is -2.47. The van der Waals surface area contributed by atoms with Crippen LogP contribution in [0.5, 0.6) is 0 Å². The number of para-hydroxylation sites is 1. The van der Waals surface area contributed by atoms with Crippen molar-refractivity contribution in [2.75, 3.05) is 18.0 Å². The number of nitro groups is 1. The summed E-state index contributed by atoms with van der Waals surface area (Å²) in [6.45, 7) is 4.18. The molecule has 0 spiro atoms. The van der Waals surface area contributed by atoms with Crippen molar-refractivity contribution in [1.82, 2.24) is 10.3 Å². The lowest BCUT2D eigenvalue weighted by Crippen LogP contribution is -2.25. The lowest BCUT2D eigenvalue weighted by Gasteiger charge is -2.23. The number of hydrogen-bond acceptors (Lipinski definition) is 5. The Morgan fingerprint density at radius 3 is 2.95 bits per heavy atom. The Balaban J connectivity index is 2.04. The third-order valence-corrected chi connectivity index (χ3v) is 3.65. The lowest BCUT2D eigenvalue weighted by atomic mass is 10.1. The molecule has 0 aliphatic carbocycles. The van der Waals surface area contributed by atoms with Gasteiger partial charge in [-0.25, -0.2) is 4.98 Å². The van der Waals surface area contributed by atoms with Gasteiger partial charge in [0.15, 0.2) is 0 Å². The van der Waals surface area contributed by atoms with E-state index < -0.39 is 4.92 Å². The average molecular weight is 284 g/mol. The summed E-state index contributed by atoms with van der Waals surface area (Å²) in [5, 5.41) is 14.3. The molecule has 6 nitrogen and oxygen atoms in total. The van der Waals surface area contributed by atoms with Crippen molar-refractivity contribution in [1.29, 1.82) is 0 Å². The molecule has 0 unspecified atom stereocenters. The topological polar surface area (TPSA) is 71.3 Å². The SMILES string of the molecule is Cc1cc(N2CCNCc3ccccc32)ncc1[N+](=O)[O-]. The summed E-state index contributed by atoms with van der Waals surface area (Å²) >= 11 is 0. The number of fused-ring (bicyclic) bond motifs is 1. The maximum Gasteiger partial charge on any atom is 0.290 e. The molecule has 0 bridgehead atoms. The van der Waals surface area contributed by atoms with Gasteiger partial charge in [-0.2, -0.15) is 0 Å². The third kappa shape index (κ3) is 2.57. The Labute approximate surface area is 122 Å². The molecule has 3 rings (SSSR count). The van der Waals surface area contributed by atoms with Gasteiger partial charge in [-0.15, -0.1) is 0 Å². The van der Waals surface area contributed by atoms with Gasteiger partial charge < -0.3 is 10.2 Å². The summed E-state index contributed by atoms with van der Waals surface area (Å²) in [5.74, 6) is 0.745. The van der Waals surface area contributed by atoms with Crippen molar-refractivity contribution in [2.24, 2.45) is 0 Å². The molecule has 0 atom stereocenters. The molecule has 2 aromatic rings. The van der Waals surface area contributed by atoms with E-state index in [-0.39, 0.29) is 5.69 Å². The second kappa shape index (κ2) is 5.49. The zero-order valence-corrected chi connectivity index (χ0v) is 11.7. The Bertz CT molecular complexity index is 687. The van der Waals surface area contributed by atoms with Crippen LogP contribution in [0.25, 0.3) is 0 Å². The zero-order valence-electron chi connectivity index (χ0n) is 11.7. The van der Waals surface area contributed by atoms with Crippen LogP contribution in [0.3, 0.4) is 0 Å². The summed E-state index contributed by atoms with van der Waals surface area (Å²) in [6.07, 6.45) is 1.34. The van der Waals surface area contributed by atoms with Gasteiger partial charge in [0.05, 0.1) is 4.92 Å². The van der Waals surface area contributed by atoms with E-state index in [1.807, 2.05) is 12.1 Å². The minimum absolute atomic E-state index is 0.0555. The highest BCUT2D eigenvalue weighted by molar-refractivity contribution is 5.65. The van der Waals surface area contributed by atoms with Crippen LogP contribution in [0.1, 0.15) is 11.1 Å². The van der Waals surface area contributed by atoms with Gasteiger partial charge >= 0.3 is 0 Å². The maximum absolute atomic E-state index is 10.9. The van der Waals surface area contributed by atoms with E-state index >= 15 is 0 Å². The molecule has 108 valence electrons. The standard InChI is InChI=1S/C15H16N4O2/c1-11-8-15(17-10-14(11)19(20)21)18-7-6-16-9-12-4-2-3-5-13(12)18/h2-5,8,10,16H,6-7,9H2,1H3. The number of pyridine rings is 1. The highest BCUT2D eigenvalue weighted by atomic mass is 16.6. The zero-order chi connectivity index (χ0) is 14.8. The van der Waals surface area contributed by atoms with E-state index in [0.29, 0.717) is 5.56 Å². The summed E-state index contributed by atoms with van der Waals surface area (Å²) in [4.78, 5) is 16.9. The molecule has 0 amide bonds. The number of aryl methyl sites for hydroxylation is 1. The van der Waals surface area contributed by atoms with Crippen LogP contribution < -0.4 is 10.2 Å². The summed E-state index contributed by atoms with van der Waals surface area (Å²) in [6, 6.07) is 9.92. The largest absolute Gasteiger partial charge is 0.325 e. The van der Waals surface area contributed by atoms with E-state index in [0.717, 1.165) is 31.1 Å². The van der Waals surface area contributed by atoms with E-state index in [9.17, 15) is 10.1 Å². The van der Waals surface area contributed by atoms with Crippen molar-refractivity contribution in [3.8, 4) is 0 Å². The molecule has 2 heterocycles. The molecule has 1 aromatic heterocycles. The Morgan fingerprint density at radius 1 is 1.38 bits per heavy atom. The smallest absolute Gasteiger partial charge is 0.290 e. The number of anilines is 2. The van der Waals surface area contributed by atoms with Crippen LogP contribution in [-0.4, -0.2) is 23.0 Å². The van der Waals surface area contributed by atoms with Crippen LogP contribution in [0.4, 0.5) is 17.2 Å². The first-order valence-corrected chi connectivity index (χ1v) is 6.84. The predicted molar refractivity (Wildman–Crippen MR) is 80.8 cm³/mol. The van der Waals surface area contributed by atoms with Gasteiger partial charge in [0.2, 0.25) is 0 Å². The third-order valence-electron chi connectivity index (χ3n) is 3.65. The first-order chi connectivity index (χ1) is 10.2. The minimum Gasteiger partial charge on any atom is -0.325 e. The van der Waals surface area contributed by atoms with Crippen molar-refractivity contribution in [2.45, 2.75) is 13.5 Å². The van der Waals surface area contributed by atoms with E-state index in [1.54, 1.807) is 13.0 Å². The highest BCUT2D eigenvalue weighted by Crippen LogP contribution is 2.30. The maximum atomic E-state index is 10.9. The van der Waals surface area contributed by atoms with Crippen LogP contribution in [0.15, 0.2) is 36.5 Å². The van der Waals surface area contributed by atoms with Crippen LogP contribution >= 0.6 is 0 Å². The summed E-state index contributed by atoms with van der Waals surface area (Å²) in [5.41, 5.74) is 2.98. The number of rotatable bonds is 2. The molecule has 1 aliphatic heterocycles. The predicted octanol–water partition coefficient (Wildman–Crippen LogP) is 2.54. The van der Waals surface area contributed by atoms with Crippen LogP contribution in [0, 0.1) is 17.0 Å². The fourth-order valence-corrected chi connectivity index (χ4v) is 2.57. The lowest BCUT2D eigenvalue weighted by molar-refractivity contribution is -0.385. The van der Waals surface area contributed by atoms with Gasteiger partial charge in [0.25, 0.3) is 5.69 Å². The number of nitrogens with zero attached hydrogens (tertiary/aromatic N) is 3. The molecule has 0 radical (unpaired) electrons. The fourth-order valence-electron chi connectivity index (χ4n) is 2.57. The molecule has 21 heavy (non-hydrogen) atoms. The number of hydrogen-bond donors (Lipinski definition) is 1. The van der Waals surface area contributed by atoms with Crippen molar-refractivity contribution >= 4 is 17.2 Å². The minimum atomic E-state index is -0.399. The molecular formula is C15H16N4O2. The Kier molecular flexibility index (Phi) is 3.53. The average Bonchev–Trinajstić information content (AvgIpc) is 2.69.